The minimum atomic E-state index is -0.775. The zero-order valence-corrected chi connectivity index (χ0v) is 13.6. The summed E-state index contributed by atoms with van der Waals surface area (Å²) in [5, 5.41) is 14.8. The average Bonchev–Trinajstić information content (AvgIpc) is 3.16. The van der Waals surface area contributed by atoms with E-state index in [4.69, 9.17) is 5.11 Å². The number of carboxylic acids is 1. The normalized spacial score (nSPS) is 20.4. The molecule has 1 aromatic heterocycles. The molecule has 1 aliphatic carbocycles. The van der Waals surface area contributed by atoms with Crippen LogP contribution < -0.4 is 5.32 Å². The number of benzene rings is 1. The fourth-order valence-corrected chi connectivity index (χ4v) is 3.68. The minimum absolute atomic E-state index is 0.0608. The van der Waals surface area contributed by atoms with Crippen molar-refractivity contribution >= 4 is 23.2 Å². The summed E-state index contributed by atoms with van der Waals surface area (Å²) < 4.78 is 0. The molecule has 0 unspecified atom stereocenters. The van der Waals surface area contributed by atoms with Crippen LogP contribution in [0.5, 0.6) is 0 Å². The van der Waals surface area contributed by atoms with E-state index in [0.29, 0.717) is 24.8 Å². The molecule has 0 saturated heterocycles. The van der Waals surface area contributed by atoms with E-state index in [-0.39, 0.29) is 17.9 Å². The number of nitrogens with one attached hydrogen (secondary N) is 1. The van der Waals surface area contributed by atoms with Crippen molar-refractivity contribution in [3.63, 3.8) is 0 Å². The minimum Gasteiger partial charge on any atom is -0.481 e. The summed E-state index contributed by atoms with van der Waals surface area (Å²) in [5.41, 5.74) is 2.46. The molecular formula is C17H18N2O3S. The molecule has 1 aliphatic rings. The molecule has 1 amide bonds. The number of hydrogen-bond donors (Lipinski definition) is 2. The quantitative estimate of drug-likeness (QED) is 0.903. The van der Waals surface area contributed by atoms with E-state index in [1.165, 1.54) is 0 Å². The molecule has 6 heteroatoms. The number of amides is 1. The standard InChI is InChI=1S/C17H18N2O3S/c1-10-9-23-16(18-10)12-4-2-3-11(7-12)15(20)19-14-6-5-13(8-14)17(21)22/h2-4,7,9,13-14H,5-6,8H2,1H3,(H,19,20)(H,21,22)/t13-,14+/m0/s1. The lowest BCUT2D eigenvalue weighted by molar-refractivity contribution is -0.141. The van der Waals surface area contributed by atoms with E-state index in [1.54, 1.807) is 17.4 Å². The van der Waals surface area contributed by atoms with E-state index in [9.17, 15) is 9.59 Å². The third kappa shape index (κ3) is 3.59. The number of rotatable bonds is 4. The summed E-state index contributed by atoms with van der Waals surface area (Å²) in [7, 11) is 0. The molecule has 1 heterocycles. The van der Waals surface area contributed by atoms with Gasteiger partial charge in [-0.25, -0.2) is 4.98 Å². The van der Waals surface area contributed by atoms with Crippen LogP contribution in [0.2, 0.25) is 0 Å². The van der Waals surface area contributed by atoms with Gasteiger partial charge in [-0.05, 0) is 38.3 Å². The second-order valence-electron chi connectivity index (χ2n) is 5.89. The van der Waals surface area contributed by atoms with Crippen molar-refractivity contribution in [2.24, 2.45) is 5.92 Å². The third-order valence-corrected chi connectivity index (χ3v) is 5.12. The van der Waals surface area contributed by atoms with Gasteiger partial charge in [-0.1, -0.05) is 12.1 Å². The number of thiazole rings is 1. The van der Waals surface area contributed by atoms with Crippen LogP contribution in [0.1, 0.15) is 35.3 Å². The molecule has 0 aliphatic heterocycles. The Bertz CT molecular complexity index is 741. The Labute approximate surface area is 138 Å². The molecule has 2 N–H and O–H groups in total. The molecular weight excluding hydrogens is 312 g/mol. The highest BCUT2D eigenvalue weighted by atomic mass is 32.1. The van der Waals surface area contributed by atoms with Crippen molar-refractivity contribution in [1.82, 2.24) is 10.3 Å². The summed E-state index contributed by atoms with van der Waals surface area (Å²) in [6.45, 7) is 1.94. The van der Waals surface area contributed by atoms with Crippen molar-refractivity contribution in [2.75, 3.05) is 0 Å². The van der Waals surface area contributed by atoms with Gasteiger partial charge in [-0.3, -0.25) is 9.59 Å². The van der Waals surface area contributed by atoms with Crippen molar-refractivity contribution in [1.29, 1.82) is 0 Å². The maximum atomic E-state index is 12.4. The van der Waals surface area contributed by atoms with Gasteiger partial charge in [0.25, 0.3) is 5.91 Å². The molecule has 3 rings (SSSR count). The first-order valence-corrected chi connectivity index (χ1v) is 8.47. The highest BCUT2D eigenvalue weighted by Gasteiger charge is 2.30. The predicted molar refractivity (Wildman–Crippen MR) is 88.5 cm³/mol. The third-order valence-electron chi connectivity index (χ3n) is 4.11. The Morgan fingerprint density at radius 3 is 2.83 bits per heavy atom. The van der Waals surface area contributed by atoms with Crippen molar-refractivity contribution in [3.8, 4) is 10.6 Å². The summed E-state index contributed by atoms with van der Waals surface area (Å²) in [6.07, 6.45) is 1.85. The number of aromatic nitrogens is 1. The van der Waals surface area contributed by atoms with Crippen molar-refractivity contribution < 1.29 is 14.7 Å². The van der Waals surface area contributed by atoms with E-state index < -0.39 is 5.97 Å². The lowest BCUT2D eigenvalue weighted by Gasteiger charge is -2.12. The Kier molecular flexibility index (Phi) is 4.43. The first-order valence-electron chi connectivity index (χ1n) is 7.59. The maximum absolute atomic E-state index is 12.4. The number of nitrogens with zero attached hydrogens (tertiary/aromatic N) is 1. The predicted octanol–water partition coefficient (Wildman–Crippen LogP) is 3.10. The fourth-order valence-electron chi connectivity index (χ4n) is 2.89. The van der Waals surface area contributed by atoms with Gasteiger partial charge in [0.2, 0.25) is 0 Å². The Morgan fingerprint density at radius 1 is 1.35 bits per heavy atom. The van der Waals surface area contributed by atoms with Crippen LogP contribution >= 0.6 is 11.3 Å². The smallest absolute Gasteiger partial charge is 0.306 e. The zero-order valence-electron chi connectivity index (χ0n) is 12.8. The summed E-state index contributed by atoms with van der Waals surface area (Å²) in [6, 6.07) is 7.32. The Balaban J connectivity index is 1.70. The van der Waals surface area contributed by atoms with Gasteiger partial charge in [-0.15, -0.1) is 11.3 Å². The van der Waals surface area contributed by atoms with Gasteiger partial charge in [-0.2, -0.15) is 0 Å². The Morgan fingerprint density at radius 2 is 2.17 bits per heavy atom. The largest absolute Gasteiger partial charge is 0.481 e. The summed E-state index contributed by atoms with van der Waals surface area (Å²) in [5.74, 6) is -1.27. The topological polar surface area (TPSA) is 79.3 Å². The monoisotopic (exact) mass is 330 g/mol. The van der Waals surface area contributed by atoms with Crippen LogP contribution in [0.15, 0.2) is 29.6 Å². The van der Waals surface area contributed by atoms with Crippen LogP contribution in [-0.4, -0.2) is 28.0 Å². The first kappa shape index (κ1) is 15.7. The van der Waals surface area contributed by atoms with Gasteiger partial charge in [0.05, 0.1) is 5.92 Å². The summed E-state index contributed by atoms with van der Waals surface area (Å²) >= 11 is 1.55. The second kappa shape index (κ2) is 6.50. The molecule has 120 valence electrons. The van der Waals surface area contributed by atoms with Crippen LogP contribution in [0, 0.1) is 12.8 Å². The molecule has 2 atom stereocenters. The van der Waals surface area contributed by atoms with Gasteiger partial charge in [0, 0.05) is 28.2 Å². The molecule has 23 heavy (non-hydrogen) atoms. The van der Waals surface area contributed by atoms with Crippen LogP contribution in [0.25, 0.3) is 10.6 Å². The molecule has 5 nitrogen and oxygen atoms in total. The Hall–Kier alpha value is -2.21. The van der Waals surface area contributed by atoms with E-state index in [2.05, 4.69) is 10.3 Å². The van der Waals surface area contributed by atoms with Gasteiger partial charge >= 0.3 is 5.97 Å². The van der Waals surface area contributed by atoms with Crippen LogP contribution in [-0.2, 0) is 4.79 Å². The molecule has 1 fully saturated rings. The number of carbonyl (C=O) groups excluding carboxylic acids is 1. The van der Waals surface area contributed by atoms with E-state index >= 15 is 0 Å². The fraction of sp³-hybridized carbons (Fsp3) is 0.353. The number of aliphatic carboxylic acids is 1. The first-order chi connectivity index (χ1) is 11.0. The number of aryl methyl sites for hydroxylation is 1. The lowest BCUT2D eigenvalue weighted by atomic mass is 10.1. The summed E-state index contributed by atoms with van der Waals surface area (Å²) in [4.78, 5) is 27.8. The highest BCUT2D eigenvalue weighted by molar-refractivity contribution is 7.13. The van der Waals surface area contributed by atoms with Crippen molar-refractivity contribution in [2.45, 2.75) is 32.2 Å². The number of hydrogen-bond acceptors (Lipinski definition) is 4. The van der Waals surface area contributed by atoms with Gasteiger partial charge < -0.3 is 10.4 Å². The van der Waals surface area contributed by atoms with Gasteiger partial charge in [0.15, 0.2) is 0 Å². The second-order valence-corrected chi connectivity index (χ2v) is 6.75. The van der Waals surface area contributed by atoms with Gasteiger partial charge in [0.1, 0.15) is 5.01 Å². The van der Waals surface area contributed by atoms with Crippen LogP contribution in [0.3, 0.4) is 0 Å². The number of carboxylic acid groups (broad SMARTS) is 1. The average molecular weight is 330 g/mol. The molecule has 1 aromatic carbocycles. The van der Waals surface area contributed by atoms with E-state index in [1.807, 2.05) is 30.5 Å². The van der Waals surface area contributed by atoms with E-state index in [0.717, 1.165) is 16.3 Å². The SMILES string of the molecule is Cc1csc(-c2cccc(C(=O)N[C@@H]3CC[C@H](C(=O)O)C3)c2)n1. The maximum Gasteiger partial charge on any atom is 0.306 e. The molecule has 0 radical (unpaired) electrons. The van der Waals surface area contributed by atoms with Crippen molar-refractivity contribution in [3.05, 3.63) is 40.9 Å². The lowest BCUT2D eigenvalue weighted by Crippen LogP contribution is -2.33. The zero-order chi connectivity index (χ0) is 16.4. The highest BCUT2D eigenvalue weighted by Crippen LogP contribution is 2.27. The molecule has 0 bridgehead atoms. The molecule has 1 saturated carbocycles. The van der Waals surface area contributed by atoms with Crippen LogP contribution in [0.4, 0.5) is 0 Å². The molecule has 0 spiro atoms. The molecule has 2 aromatic rings. The number of carbonyl (C=O) groups is 2.